The molecule has 0 radical (unpaired) electrons. The van der Waals surface area contributed by atoms with Gasteiger partial charge in [-0.1, -0.05) is 18.1 Å². The third kappa shape index (κ3) is 1.75. The van der Waals surface area contributed by atoms with E-state index in [0.29, 0.717) is 0 Å². The van der Waals surface area contributed by atoms with E-state index in [0.717, 1.165) is 11.3 Å². The number of ether oxygens (including phenoxy) is 1. The van der Waals surface area contributed by atoms with Gasteiger partial charge in [-0.15, -0.1) is 0 Å². The zero-order valence-electron chi connectivity index (χ0n) is 11.2. The molecule has 1 heterocycles. The minimum atomic E-state index is 0.0772. The average molecular weight is 244 g/mol. The Morgan fingerprint density at radius 1 is 1.28 bits per heavy atom. The lowest BCUT2D eigenvalue weighted by molar-refractivity contribution is -0.114. The lowest BCUT2D eigenvalue weighted by Gasteiger charge is -2.21. The molecule has 1 saturated carbocycles. The first-order valence-electron chi connectivity index (χ1n) is 6.97. The smallest absolute Gasteiger partial charge is 0.159 e. The SMILES string of the molecule is CC(=O)C1=C(C)O[C@H]2C=CC(=C3CCCCC3)[C@@H]12. The van der Waals surface area contributed by atoms with Crippen molar-refractivity contribution < 1.29 is 9.53 Å². The van der Waals surface area contributed by atoms with Gasteiger partial charge in [0.1, 0.15) is 11.9 Å². The van der Waals surface area contributed by atoms with Gasteiger partial charge in [0.15, 0.2) is 5.78 Å². The number of fused-ring (bicyclic) bond motifs is 1. The van der Waals surface area contributed by atoms with Crippen molar-refractivity contribution in [2.24, 2.45) is 5.92 Å². The van der Waals surface area contributed by atoms with Gasteiger partial charge in [0.2, 0.25) is 0 Å². The number of hydrogen-bond acceptors (Lipinski definition) is 2. The van der Waals surface area contributed by atoms with Crippen LogP contribution < -0.4 is 0 Å². The van der Waals surface area contributed by atoms with E-state index in [1.165, 1.54) is 37.7 Å². The lowest BCUT2D eigenvalue weighted by Crippen LogP contribution is -2.17. The second kappa shape index (κ2) is 4.42. The number of ketones is 1. The van der Waals surface area contributed by atoms with Crippen LogP contribution >= 0.6 is 0 Å². The van der Waals surface area contributed by atoms with Crippen LogP contribution in [0.5, 0.6) is 0 Å². The van der Waals surface area contributed by atoms with Gasteiger partial charge >= 0.3 is 0 Å². The standard InChI is InChI=1S/C16H20O2/c1-10(17)15-11(2)18-14-9-8-13(16(14)15)12-6-4-3-5-7-12/h8-9,14,16H,3-7H2,1-2H3/t14-,16+/m0/s1. The van der Waals surface area contributed by atoms with Gasteiger partial charge in [-0.05, 0) is 51.2 Å². The first-order valence-corrected chi connectivity index (χ1v) is 6.97. The highest BCUT2D eigenvalue weighted by molar-refractivity contribution is 5.96. The third-order valence-electron chi connectivity index (χ3n) is 4.38. The van der Waals surface area contributed by atoms with Crippen molar-refractivity contribution in [3.8, 4) is 0 Å². The molecule has 0 aromatic carbocycles. The summed E-state index contributed by atoms with van der Waals surface area (Å²) < 4.78 is 5.82. The summed E-state index contributed by atoms with van der Waals surface area (Å²) in [6.07, 6.45) is 10.7. The Labute approximate surface area is 108 Å². The molecule has 0 bridgehead atoms. The van der Waals surface area contributed by atoms with E-state index in [1.54, 1.807) is 12.5 Å². The molecule has 2 heteroatoms. The number of Topliss-reactive ketones (excluding diaryl/α,β-unsaturated/α-hetero) is 1. The molecule has 0 N–H and O–H groups in total. The number of hydrogen-bond donors (Lipinski definition) is 0. The second-order valence-electron chi connectivity index (χ2n) is 5.56. The van der Waals surface area contributed by atoms with Crippen LogP contribution in [0.4, 0.5) is 0 Å². The topological polar surface area (TPSA) is 26.3 Å². The van der Waals surface area contributed by atoms with Gasteiger partial charge in [0.05, 0.1) is 5.92 Å². The van der Waals surface area contributed by atoms with E-state index < -0.39 is 0 Å². The molecule has 1 aliphatic heterocycles. The molecule has 2 nitrogen and oxygen atoms in total. The minimum absolute atomic E-state index is 0.0772. The molecule has 0 unspecified atom stereocenters. The van der Waals surface area contributed by atoms with Crippen molar-refractivity contribution in [1.29, 1.82) is 0 Å². The summed E-state index contributed by atoms with van der Waals surface area (Å²) in [5.74, 6) is 1.18. The average Bonchev–Trinajstić information content (AvgIpc) is 2.87. The summed E-state index contributed by atoms with van der Waals surface area (Å²) in [5.41, 5.74) is 3.84. The molecule has 3 aliphatic rings. The lowest BCUT2D eigenvalue weighted by atomic mass is 9.82. The maximum atomic E-state index is 11.8. The Morgan fingerprint density at radius 3 is 2.67 bits per heavy atom. The summed E-state index contributed by atoms with van der Waals surface area (Å²) >= 11 is 0. The van der Waals surface area contributed by atoms with Crippen LogP contribution in [0.2, 0.25) is 0 Å². The summed E-state index contributed by atoms with van der Waals surface area (Å²) in [6.45, 7) is 3.58. The van der Waals surface area contributed by atoms with Crippen LogP contribution in [0, 0.1) is 5.92 Å². The van der Waals surface area contributed by atoms with Crippen molar-refractivity contribution in [3.05, 3.63) is 34.6 Å². The molecule has 18 heavy (non-hydrogen) atoms. The second-order valence-corrected chi connectivity index (χ2v) is 5.56. The Hall–Kier alpha value is -1.31. The number of carbonyl (C=O) groups excluding carboxylic acids is 1. The largest absolute Gasteiger partial charge is 0.490 e. The van der Waals surface area contributed by atoms with Gasteiger partial charge in [-0.25, -0.2) is 0 Å². The van der Waals surface area contributed by atoms with Crippen molar-refractivity contribution in [2.75, 3.05) is 0 Å². The highest BCUT2D eigenvalue weighted by Crippen LogP contribution is 2.44. The fourth-order valence-corrected chi connectivity index (χ4v) is 3.58. The molecule has 2 aliphatic carbocycles. The van der Waals surface area contributed by atoms with Gasteiger partial charge in [0, 0.05) is 5.57 Å². The van der Waals surface area contributed by atoms with Crippen LogP contribution in [0.3, 0.4) is 0 Å². The molecule has 1 fully saturated rings. The monoisotopic (exact) mass is 244 g/mol. The molecule has 96 valence electrons. The van der Waals surface area contributed by atoms with E-state index in [-0.39, 0.29) is 17.8 Å². The zero-order valence-corrected chi connectivity index (χ0v) is 11.2. The highest BCUT2D eigenvalue weighted by Gasteiger charge is 2.41. The van der Waals surface area contributed by atoms with Gasteiger partial charge in [0.25, 0.3) is 0 Å². The fraction of sp³-hybridized carbons (Fsp3) is 0.562. The van der Waals surface area contributed by atoms with E-state index in [4.69, 9.17) is 4.74 Å². The van der Waals surface area contributed by atoms with Crippen molar-refractivity contribution >= 4 is 5.78 Å². The summed E-state index contributed by atoms with van der Waals surface area (Å²) in [7, 11) is 0. The molecule has 0 amide bonds. The molecule has 0 aromatic rings. The number of allylic oxidation sites excluding steroid dienone is 3. The molecule has 0 spiro atoms. The van der Waals surface area contributed by atoms with Gasteiger partial charge in [-0.3, -0.25) is 4.79 Å². The molecule has 2 atom stereocenters. The first kappa shape index (κ1) is 11.8. The predicted molar refractivity (Wildman–Crippen MR) is 71.0 cm³/mol. The molecule has 3 rings (SSSR count). The summed E-state index contributed by atoms with van der Waals surface area (Å²) in [4.78, 5) is 11.8. The Bertz CT molecular complexity index is 471. The molecular weight excluding hydrogens is 224 g/mol. The molecular formula is C16H20O2. The maximum Gasteiger partial charge on any atom is 0.159 e. The minimum Gasteiger partial charge on any atom is -0.490 e. The van der Waals surface area contributed by atoms with Gasteiger partial charge < -0.3 is 4.74 Å². The van der Waals surface area contributed by atoms with Crippen LogP contribution in [0.1, 0.15) is 46.0 Å². The Kier molecular flexibility index (Phi) is 2.89. The fourth-order valence-electron chi connectivity index (χ4n) is 3.58. The highest BCUT2D eigenvalue weighted by atomic mass is 16.5. The third-order valence-corrected chi connectivity index (χ3v) is 4.38. The summed E-state index contributed by atoms with van der Waals surface area (Å²) in [5, 5.41) is 0. The number of rotatable bonds is 1. The van der Waals surface area contributed by atoms with E-state index >= 15 is 0 Å². The van der Waals surface area contributed by atoms with Gasteiger partial charge in [-0.2, -0.15) is 0 Å². The quantitative estimate of drug-likeness (QED) is 0.703. The van der Waals surface area contributed by atoms with Crippen LogP contribution in [0.25, 0.3) is 0 Å². The van der Waals surface area contributed by atoms with E-state index in [9.17, 15) is 4.79 Å². The van der Waals surface area contributed by atoms with Crippen molar-refractivity contribution in [3.63, 3.8) is 0 Å². The maximum absolute atomic E-state index is 11.8. The van der Waals surface area contributed by atoms with E-state index in [2.05, 4.69) is 12.2 Å². The normalized spacial score (nSPS) is 30.8. The van der Waals surface area contributed by atoms with Crippen molar-refractivity contribution in [2.45, 2.75) is 52.1 Å². The zero-order chi connectivity index (χ0) is 12.7. The molecule has 0 aromatic heterocycles. The van der Waals surface area contributed by atoms with Crippen LogP contribution in [-0.2, 0) is 9.53 Å². The predicted octanol–water partition coefficient (Wildman–Crippen LogP) is 3.69. The van der Waals surface area contributed by atoms with E-state index in [1.807, 2.05) is 6.92 Å². The van der Waals surface area contributed by atoms with Crippen molar-refractivity contribution in [1.82, 2.24) is 0 Å². The Balaban J connectivity index is 1.99. The summed E-state index contributed by atoms with van der Waals surface area (Å²) in [6, 6.07) is 0. The Morgan fingerprint density at radius 2 is 2.00 bits per heavy atom. The molecule has 0 saturated heterocycles. The van der Waals surface area contributed by atoms with Crippen LogP contribution in [0.15, 0.2) is 34.6 Å². The van der Waals surface area contributed by atoms with Crippen LogP contribution in [-0.4, -0.2) is 11.9 Å². The first-order chi connectivity index (χ1) is 8.68. The number of carbonyl (C=O) groups is 1.